The van der Waals surface area contributed by atoms with E-state index in [4.69, 9.17) is 17.4 Å². The van der Waals surface area contributed by atoms with Crippen molar-refractivity contribution in [1.82, 2.24) is 20.3 Å². The number of fused-ring (bicyclic) bond motifs is 1. The van der Waals surface area contributed by atoms with Gasteiger partial charge in [-0.25, -0.2) is 4.98 Å². The van der Waals surface area contributed by atoms with Gasteiger partial charge in [-0.15, -0.1) is 0 Å². The Morgan fingerprint density at radius 1 is 1.32 bits per heavy atom. The highest BCUT2D eigenvalue weighted by atomic mass is 35.5. The molecule has 0 fully saturated rings. The summed E-state index contributed by atoms with van der Waals surface area (Å²) in [5.41, 5.74) is 3.74. The van der Waals surface area contributed by atoms with Crippen LogP contribution in [0.15, 0.2) is 58.6 Å². The van der Waals surface area contributed by atoms with Gasteiger partial charge in [-0.3, -0.25) is 9.59 Å². The molecule has 0 bridgehead atoms. The zero-order chi connectivity index (χ0) is 24.2. The van der Waals surface area contributed by atoms with Gasteiger partial charge in [0, 0.05) is 23.3 Å². The fourth-order valence-corrected chi connectivity index (χ4v) is 3.89. The number of hydrogen-bond acceptors (Lipinski definition) is 7. The number of hydrogen-bond donors (Lipinski definition) is 6. The highest BCUT2D eigenvalue weighted by molar-refractivity contribution is 6.30. The highest BCUT2D eigenvalue weighted by Gasteiger charge is 2.17. The number of rotatable bonds is 7. The number of nitrogens with zero attached hydrogens (tertiary/aromatic N) is 2. The average molecular weight is 480 g/mol. The van der Waals surface area contributed by atoms with Crippen molar-refractivity contribution in [2.45, 2.75) is 13.0 Å². The van der Waals surface area contributed by atoms with Crippen LogP contribution in [0.3, 0.4) is 0 Å². The number of benzene rings is 2. The van der Waals surface area contributed by atoms with Gasteiger partial charge >= 0.3 is 0 Å². The molecule has 0 aliphatic heterocycles. The minimum atomic E-state index is -0.842. The molecule has 0 saturated carbocycles. The maximum Gasteiger partial charge on any atom is 0.261 e. The summed E-state index contributed by atoms with van der Waals surface area (Å²) >= 11 is 6.02. The first-order valence-corrected chi connectivity index (χ1v) is 10.7. The van der Waals surface area contributed by atoms with Crippen molar-refractivity contribution in [2.75, 3.05) is 11.9 Å². The molecule has 1 atom stereocenters. The van der Waals surface area contributed by atoms with Gasteiger partial charge in [-0.05, 0) is 48.4 Å². The number of amidine groups is 1. The van der Waals surface area contributed by atoms with Crippen LogP contribution >= 0.6 is 11.6 Å². The van der Waals surface area contributed by atoms with Gasteiger partial charge < -0.3 is 31.6 Å². The lowest BCUT2D eigenvalue weighted by Gasteiger charge is -2.15. The minimum absolute atomic E-state index is 0.147. The topological polar surface area (TPSA) is 161 Å². The second kappa shape index (κ2) is 9.77. The van der Waals surface area contributed by atoms with E-state index < -0.39 is 6.10 Å². The predicted octanol–water partition coefficient (Wildman–Crippen LogP) is 2.39. The number of carbonyl (C=O) groups excluding carboxylic acids is 1. The van der Waals surface area contributed by atoms with E-state index in [0.717, 1.165) is 5.56 Å². The first kappa shape index (κ1) is 23.0. The molecule has 34 heavy (non-hydrogen) atoms. The number of hydrazone groups is 1. The van der Waals surface area contributed by atoms with Crippen LogP contribution in [0.4, 0.5) is 5.69 Å². The van der Waals surface area contributed by atoms with Crippen molar-refractivity contribution in [3.8, 4) is 11.4 Å². The number of anilines is 1. The predicted molar refractivity (Wildman–Crippen MR) is 132 cm³/mol. The van der Waals surface area contributed by atoms with Crippen molar-refractivity contribution in [1.29, 1.82) is 0 Å². The van der Waals surface area contributed by atoms with E-state index in [1.807, 2.05) is 6.92 Å². The third-order valence-corrected chi connectivity index (χ3v) is 5.53. The monoisotopic (exact) mass is 479 g/mol. The van der Waals surface area contributed by atoms with E-state index in [-0.39, 0.29) is 23.5 Å². The van der Waals surface area contributed by atoms with Gasteiger partial charge in [0.25, 0.3) is 5.56 Å². The quantitative estimate of drug-likeness (QED) is 0.0783. The number of nitrogens with one attached hydrogen (secondary N) is 4. The van der Waals surface area contributed by atoms with Crippen molar-refractivity contribution in [3.05, 3.63) is 80.7 Å². The summed E-state index contributed by atoms with van der Waals surface area (Å²) in [6, 6.07) is 12.2. The summed E-state index contributed by atoms with van der Waals surface area (Å²) < 4.78 is 0. The smallest absolute Gasteiger partial charge is 0.261 e. The Morgan fingerprint density at radius 3 is 2.88 bits per heavy atom. The van der Waals surface area contributed by atoms with E-state index in [2.05, 4.69) is 30.7 Å². The fourth-order valence-electron chi connectivity index (χ4n) is 3.70. The number of amides is 1. The number of H-pyrrole nitrogens is 2. The van der Waals surface area contributed by atoms with E-state index in [1.54, 1.807) is 42.5 Å². The van der Waals surface area contributed by atoms with E-state index in [0.29, 0.717) is 45.1 Å². The number of carbonyl (C=O) groups is 1. The standard InChI is InChI=1S/C23H22ClN7O3/c1-12-7-14(21(31-25)28-11-32)9-17-20(12)30-22(29-17)19-16(5-6-26-23(19)34)27-10-18(33)13-3-2-4-15(24)8-13/h2-9,11,18,33H,10,25H2,1H3,(H,29,30)(H2,26,27,34)(H,28,31,32). The lowest BCUT2D eigenvalue weighted by molar-refractivity contribution is -0.108. The SMILES string of the molecule is Cc1cc(/C(=N/N)NC=O)cc2[nH]c(-c3c(NCC(O)c4cccc(Cl)c4)cc[nH]c3=O)nc12. The van der Waals surface area contributed by atoms with Crippen LogP contribution in [0.5, 0.6) is 0 Å². The van der Waals surface area contributed by atoms with Crippen LogP contribution in [0.2, 0.25) is 5.02 Å². The van der Waals surface area contributed by atoms with Crippen LogP contribution < -0.4 is 22.0 Å². The number of imidazole rings is 1. The summed E-state index contributed by atoms with van der Waals surface area (Å²) in [5.74, 6) is 5.93. The van der Waals surface area contributed by atoms with Crippen LogP contribution in [-0.4, -0.2) is 38.8 Å². The van der Waals surface area contributed by atoms with Crippen LogP contribution in [0.1, 0.15) is 22.8 Å². The number of aromatic amines is 2. The maximum atomic E-state index is 12.7. The molecule has 10 nitrogen and oxygen atoms in total. The number of aliphatic hydroxyl groups excluding tert-OH is 1. The largest absolute Gasteiger partial charge is 0.387 e. The van der Waals surface area contributed by atoms with Gasteiger partial charge in [0.1, 0.15) is 11.4 Å². The molecule has 11 heteroatoms. The van der Waals surface area contributed by atoms with Crippen molar-refractivity contribution >= 4 is 40.6 Å². The molecule has 0 radical (unpaired) electrons. The van der Waals surface area contributed by atoms with Crippen LogP contribution in [-0.2, 0) is 4.79 Å². The zero-order valence-electron chi connectivity index (χ0n) is 18.1. The maximum absolute atomic E-state index is 12.7. The number of aromatic nitrogens is 3. The third-order valence-electron chi connectivity index (χ3n) is 5.29. The molecule has 4 rings (SSSR count). The van der Waals surface area contributed by atoms with Crippen molar-refractivity contribution < 1.29 is 9.90 Å². The lowest BCUT2D eigenvalue weighted by Crippen LogP contribution is -2.24. The Balaban J connectivity index is 1.69. The Kier molecular flexibility index (Phi) is 6.62. The lowest BCUT2D eigenvalue weighted by atomic mass is 10.1. The molecule has 0 saturated heterocycles. The second-order valence-corrected chi connectivity index (χ2v) is 8.00. The number of aryl methyl sites for hydroxylation is 1. The Labute approximate surface area is 198 Å². The summed E-state index contributed by atoms with van der Waals surface area (Å²) in [6.07, 6.45) is 1.16. The normalized spacial score (nSPS) is 12.5. The summed E-state index contributed by atoms with van der Waals surface area (Å²) in [6.45, 7) is 2.00. The summed E-state index contributed by atoms with van der Waals surface area (Å²) in [7, 11) is 0. The Bertz CT molecular complexity index is 1440. The molecular formula is C23H22ClN7O3. The van der Waals surface area contributed by atoms with Gasteiger partial charge in [0.2, 0.25) is 6.41 Å². The molecule has 2 aromatic carbocycles. The Hall–Kier alpha value is -4.15. The molecule has 2 aromatic heterocycles. The van der Waals surface area contributed by atoms with Gasteiger partial charge in [-0.1, -0.05) is 23.7 Å². The van der Waals surface area contributed by atoms with E-state index in [1.165, 1.54) is 6.20 Å². The molecule has 7 N–H and O–H groups in total. The molecule has 0 aliphatic rings. The Morgan fingerprint density at radius 2 is 2.15 bits per heavy atom. The first-order valence-electron chi connectivity index (χ1n) is 10.3. The first-order chi connectivity index (χ1) is 16.4. The number of aliphatic hydroxyl groups is 1. The van der Waals surface area contributed by atoms with Crippen molar-refractivity contribution in [3.63, 3.8) is 0 Å². The van der Waals surface area contributed by atoms with E-state index >= 15 is 0 Å². The van der Waals surface area contributed by atoms with E-state index in [9.17, 15) is 14.7 Å². The van der Waals surface area contributed by atoms with Crippen molar-refractivity contribution in [2.24, 2.45) is 10.9 Å². The summed E-state index contributed by atoms with van der Waals surface area (Å²) in [5, 5.41) is 20.3. The highest BCUT2D eigenvalue weighted by Crippen LogP contribution is 2.27. The minimum Gasteiger partial charge on any atom is -0.387 e. The molecule has 0 spiro atoms. The van der Waals surface area contributed by atoms with Gasteiger partial charge in [0.15, 0.2) is 5.84 Å². The molecule has 2 heterocycles. The molecule has 0 aliphatic carbocycles. The van der Waals surface area contributed by atoms with Gasteiger partial charge in [-0.2, -0.15) is 5.10 Å². The molecule has 1 amide bonds. The summed E-state index contributed by atoms with van der Waals surface area (Å²) in [4.78, 5) is 34.0. The zero-order valence-corrected chi connectivity index (χ0v) is 18.8. The second-order valence-electron chi connectivity index (χ2n) is 7.56. The fraction of sp³-hybridized carbons (Fsp3) is 0.130. The molecular weight excluding hydrogens is 458 g/mol. The number of nitrogens with two attached hydrogens (primary N) is 1. The molecule has 174 valence electrons. The van der Waals surface area contributed by atoms with Gasteiger partial charge in [0.05, 0.1) is 22.8 Å². The number of pyridine rings is 1. The molecule has 1 unspecified atom stereocenters. The third kappa shape index (κ3) is 4.63. The average Bonchev–Trinajstić information content (AvgIpc) is 3.25. The van der Waals surface area contributed by atoms with Crippen LogP contribution in [0.25, 0.3) is 22.4 Å². The number of halogens is 1. The van der Waals surface area contributed by atoms with Crippen LogP contribution in [0, 0.1) is 6.92 Å². The molecule has 4 aromatic rings.